The van der Waals surface area contributed by atoms with Crippen molar-refractivity contribution >= 4 is 0 Å². The van der Waals surface area contributed by atoms with E-state index in [1.54, 1.807) is 0 Å². The third kappa shape index (κ3) is 12.3. The van der Waals surface area contributed by atoms with Crippen molar-refractivity contribution in [3.05, 3.63) is 0 Å². The van der Waals surface area contributed by atoms with Crippen LogP contribution in [-0.4, -0.2) is 11.2 Å². The van der Waals surface area contributed by atoms with Gasteiger partial charge in [-0.25, -0.2) is 0 Å². The second kappa shape index (κ2) is 16.4. The molecule has 0 aromatic rings. The van der Waals surface area contributed by atoms with Gasteiger partial charge < -0.3 is 5.11 Å². The molecule has 0 aromatic heterocycles. The number of aliphatic hydroxyl groups is 1. The first kappa shape index (κ1) is 24.0. The second-order valence-corrected chi connectivity index (χ2v) is 8.35. The number of aliphatic hydroxyl groups excluding tert-OH is 1. The summed E-state index contributed by atoms with van der Waals surface area (Å²) in [7, 11) is 0. The van der Waals surface area contributed by atoms with Crippen LogP contribution in [-0.2, 0) is 0 Å². The Bertz CT molecular complexity index is 232. The molecule has 0 bridgehead atoms. The van der Waals surface area contributed by atoms with Gasteiger partial charge in [0.25, 0.3) is 0 Å². The molecule has 0 amide bonds. The molecule has 146 valence electrons. The molecule has 0 aliphatic heterocycles. The van der Waals surface area contributed by atoms with E-state index in [9.17, 15) is 5.11 Å². The van der Waals surface area contributed by atoms with Gasteiger partial charge in [-0.1, -0.05) is 118 Å². The van der Waals surface area contributed by atoms with Crippen molar-refractivity contribution in [2.45, 2.75) is 143 Å². The van der Waals surface area contributed by atoms with Crippen molar-refractivity contribution in [3.8, 4) is 0 Å². The first-order valence-electron chi connectivity index (χ1n) is 11.3. The lowest BCUT2D eigenvalue weighted by atomic mass is 9.73. The van der Waals surface area contributed by atoms with E-state index >= 15 is 0 Å². The highest BCUT2D eigenvalue weighted by Gasteiger charge is 2.31. The van der Waals surface area contributed by atoms with Gasteiger partial charge in [0, 0.05) is 0 Å². The van der Waals surface area contributed by atoms with Crippen molar-refractivity contribution in [1.82, 2.24) is 0 Å². The van der Waals surface area contributed by atoms with Crippen LogP contribution < -0.4 is 0 Å². The van der Waals surface area contributed by atoms with Crippen LogP contribution in [0.2, 0.25) is 0 Å². The largest absolute Gasteiger partial charge is 0.393 e. The molecule has 1 N–H and O–H groups in total. The zero-order valence-electron chi connectivity index (χ0n) is 17.5. The Hall–Kier alpha value is -0.0400. The van der Waals surface area contributed by atoms with Crippen molar-refractivity contribution < 1.29 is 5.11 Å². The van der Waals surface area contributed by atoms with Crippen LogP contribution in [0.1, 0.15) is 137 Å². The minimum Gasteiger partial charge on any atom is -0.393 e. The van der Waals surface area contributed by atoms with E-state index in [1.165, 1.54) is 103 Å². The smallest absolute Gasteiger partial charge is 0.0593 e. The van der Waals surface area contributed by atoms with Gasteiger partial charge in [0.2, 0.25) is 0 Å². The lowest BCUT2D eigenvalue weighted by Gasteiger charge is -2.35. The Balaban J connectivity index is 4.17. The fourth-order valence-corrected chi connectivity index (χ4v) is 3.82. The van der Waals surface area contributed by atoms with E-state index in [-0.39, 0.29) is 11.5 Å². The van der Waals surface area contributed by atoms with Crippen LogP contribution in [0.3, 0.4) is 0 Å². The molecular formula is C23H48O. The Morgan fingerprint density at radius 2 is 0.958 bits per heavy atom. The quantitative estimate of drug-likeness (QED) is 0.250. The highest BCUT2D eigenvalue weighted by atomic mass is 16.3. The third-order valence-corrected chi connectivity index (χ3v) is 5.84. The van der Waals surface area contributed by atoms with Crippen LogP contribution >= 0.6 is 0 Å². The molecular weight excluding hydrogens is 292 g/mol. The van der Waals surface area contributed by atoms with Gasteiger partial charge >= 0.3 is 0 Å². The maximum Gasteiger partial charge on any atom is 0.0593 e. The van der Waals surface area contributed by atoms with E-state index in [0.29, 0.717) is 0 Å². The molecule has 0 aromatic carbocycles. The van der Waals surface area contributed by atoms with Crippen LogP contribution in [0.15, 0.2) is 0 Å². The summed E-state index contributed by atoms with van der Waals surface area (Å²) in [6.07, 6.45) is 22.0. The molecule has 1 heteroatoms. The molecule has 1 nitrogen and oxygen atoms in total. The average molecular weight is 341 g/mol. The molecule has 0 radical (unpaired) electrons. The number of hydrogen-bond donors (Lipinski definition) is 1. The van der Waals surface area contributed by atoms with E-state index < -0.39 is 0 Å². The molecule has 0 heterocycles. The van der Waals surface area contributed by atoms with Crippen LogP contribution in [0.25, 0.3) is 0 Å². The second-order valence-electron chi connectivity index (χ2n) is 8.35. The SMILES string of the molecule is CCCCCCCCC(C)(CCCCCCCC)C(O)CCCC. The summed E-state index contributed by atoms with van der Waals surface area (Å²) in [6, 6.07) is 0. The topological polar surface area (TPSA) is 20.2 Å². The number of unbranched alkanes of at least 4 members (excludes halogenated alkanes) is 11. The van der Waals surface area contributed by atoms with Gasteiger partial charge in [-0.15, -0.1) is 0 Å². The Kier molecular flexibility index (Phi) is 16.4. The Labute approximate surface area is 154 Å². The zero-order chi connectivity index (χ0) is 18.1. The summed E-state index contributed by atoms with van der Waals surface area (Å²) in [4.78, 5) is 0. The zero-order valence-corrected chi connectivity index (χ0v) is 17.5. The van der Waals surface area contributed by atoms with Gasteiger partial charge in [0.05, 0.1) is 6.10 Å². The first-order valence-corrected chi connectivity index (χ1v) is 11.3. The highest BCUT2D eigenvalue weighted by molar-refractivity contribution is 4.82. The van der Waals surface area contributed by atoms with E-state index in [2.05, 4.69) is 27.7 Å². The van der Waals surface area contributed by atoms with Gasteiger partial charge in [-0.2, -0.15) is 0 Å². The predicted molar refractivity (Wildman–Crippen MR) is 110 cm³/mol. The number of rotatable bonds is 18. The fourth-order valence-electron chi connectivity index (χ4n) is 3.82. The molecule has 0 fully saturated rings. The predicted octanol–water partition coefficient (Wildman–Crippen LogP) is 8.05. The summed E-state index contributed by atoms with van der Waals surface area (Å²) >= 11 is 0. The summed E-state index contributed by atoms with van der Waals surface area (Å²) in [5, 5.41) is 10.8. The molecule has 1 unspecified atom stereocenters. The molecule has 0 rings (SSSR count). The summed E-state index contributed by atoms with van der Waals surface area (Å²) in [6.45, 7) is 9.15. The van der Waals surface area contributed by atoms with Crippen molar-refractivity contribution in [2.75, 3.05) is 0 Å². The van der Waals surface area contributed by atoms with Crippen LogP contribution in [0.5, 0.6) is 0 Å². The maximum absolute atomic E-state index is 10.8. The van der Waals surface area contributed by atoms with Crippen LogP contribution in [0, 0.1) is 5.41 Å². The van der Waals surface area contributed by atoms with Crippen molar-refractivity contribution in [1.29, 1.82) is 0 Å². The van der Waals surface area contributed by atoms with E-state index in [4.69, 9.17) is 0 Å². The summed E-state index contributed by atoms with van der Waals surface area (Å²) in [5.41, 5.74) is 0.157. The van der Waals surface area contributed by atoms with Gasteiger partial charge in [0.15, 0.2) is 0 Å². The fraction of sp³-hybridized carbons (Fsp3) is 1.00. The van der Waals surface area contributed by atoms with Gasteiger partial charge in [-0.05, 0) is 24.7 Å². The normalized spacial score (nSPS) is 13.4. The average Bonchev–Trinajstić information content (AvgIpc) is 2.58. The lowest BCUT2D eigenvalue weighted by molar-refractivity contribution is 0.0128. The Morgan fingerprint density at radius 3 is 1.38 bits per heavy atom. The van der Waals surface area contributed by atoms with Crippen molar-refractivity contribution in [2.24, 2.45) is 5.41 Å². The monoisotopic (exact) mass is 340 g/mol. The molecule has 0 saturated carbocycles. The van der Waals surface area contributed by atoms with Gasteiger partial charge in [-0.3, -0.25) is 0 Å². The minimum absolute atomic E-state index is 0.0938. The standard InChI is InChI=1S/C23H48O/c1-5-8-11-13-15-17-20-23(4,22(24)19-10-7-3)21-18-16-14-12-9-6-2/h22,24H,5-21H2,1-4H3. The molecule has 1 atom stereocenters. The van der Waals surface area contributed by atoms with Crippen molar-refractivity contribution in [3.63, 3.8) is 0 Å². The molecule has 0 aliphatic rings. The molecule has 0 aliphatic carbocycles. The molecule has 0 saturated heterocycles. The number of hydrogen-bond acceptors (Lipinski definition) is 1. The van der Waals surface area contributed by atoms with Crippen LogP contribution in [0.4, 0.5) is 0 Å². The first-order chi connectivity index (χ1) is 11.6. The summed E-state index contributed by atoms with van der Waals surface area (Å²) in [5.74, 6) is 0. The molecule has 0 spiro atoms. The molecule has 24 heavy (non-hydrogen) atoms. The van der Waals surface area contributed by atoms with E-state index in [1.807, 2.05) is 0 Å². The third-order valence-electron chi connectivity index (χ3n) is 5.84. The Morgan fingerprint density at radius 1 is 0.583 bits per heavy atom. The highest BCUT2D eigenvalue weighted by Crippen LogP contribution is 2.37. The summed E-state index contributed by atoms with van der Waals surface area (Å²) < 4.78 is 0. The lowest BCUT2D eigenvalue weighted by Crippen LogP contribution is -2.32. The maximum atomic E-state index is 10.8. The minimum atomic E-state index is -0.0938. The van der Waals surface area contributed by atoms with Gasteiger partial charge in [0.1, 0.15) is 0 Å². The van der Waals surface area contributed by atoms with E-state index in [0.717, 1.165) is 6.42 Å².